The summed E-state index contributed by atoms with van der Waals surface area (Å²) >= 11 is 0. The van der Waals surface area contributed by atoms with Gasteiger partial charge in [0.05, 0.1) is 18.4 Å². The summed E-state index contributed by atoms with van der Waals surface area (Å²) in [6.07, 6.45) is 2.17. The average molecular weight is 419 g/mol. The van der Waals surface area contributed by atoms with Crippen LogP contribution in [-0.2, 0) is 20.5 Å². The van der Waals surface area contributed by atoms with Crippen LogP contribution in [0, 0.1) is 0 Å². The number of sulfonamides is 1. The van der Waals surface area contributed by atoms with Gasteiger partial charge in [-0.1, -0.05) is 12.1 Å². The van der Waals surface area contributed by atoms with E-state index in [9.17, 15) is 13.2 Å². The largest absolute Gasteiger partial charge is 0.490 e. The topological polar surface area (TPSA) is 84.9 Å². The molecule has 1 N–H and O–H groups in total. The number of hydrogen-bond donors (Lipinski definition) is 1. The Kier molecular flexibility index (Phi) is 6.76. The molecule has 1 fully saturated rings. The van der Waals surface area contributed by atoms with Crippen LogP contribution >= 0.6 is 0 Å². The number of nitrogens with one attached hydrogen (secondary N) is 1. The Balaban J connectivity index is 1.56. The zero-order valence-electron chi connectivity index (χ0n) is 16.6. The molecule has 0 aromatic heterocycles. The third-order valence-corrected chi connectivity index (χ3v) is 6.09. The van der Waals surface area contributed by atoms with Gasteiger partial charge in [0.25, 0.3) is 0 Å². The van der Waals surface area contributed by atoms with Gasteiger partial charge in [0.1, 0.15) is 11.9 Å². The normalized spacial score (nSPS) is 15.7. The molecule has 1 heterocycles. The van der Waals surface area contributed by atoms with E-state index >= 15 is 0 Å². The van der Waals surface area contributed by atoms with E-state index in [1.54, 1.807) is 48.5 Å². The van der Waals surface area contributed by atoms with Crippen molar-refractivity contribution in [3.05, 3.63) is 59.7 Å². The second-order valence-electron chi connectivity index (χ2n) is 7.19. The van der Waals surface area contributed by atoms with Gasteiger partial charge in [-0.3, -0.25) is 4.72 Å². The molecule has 0 saturated carbocycles. The van der Waals surface area contributed by atoms with E-state index in [4.69, 9.17) is 4.74 Å². The molecule has 29 heavy (non-hydrogen) atoms. The molecule has 0 bridgehead atoms. The molecule has 0 atom stereocenters. The lowest BCUT2D eigenvalue weighted by Gasteiger charge is -2.29. The van der Waals surface area contributed by atoms with Gasteiger partial charge >= 0.3 is 5.97 Å². The number of rotatable bonds is 7. The van der Waals surface area contributed by atoms with Crippen molar-refractivity contribution in [3.8, 4) is 5.75 Å². The maximum absolute atomic E-state index is 12.4. The number of carbonyl (C=O) groups excluding carboxylic acids is 1. The Morgan fingerprint density at radius 1 is 1.07 bits per heavy atom. The van der Waals surface area contributed by atoms with Crippen molar-refractivity contribution in [3.63, 3.8) is 0 Å². The maximum atomic E-state index is 12.4. The van der Waals surface area contributed by atoms with Crippen molar-refractivity contribution in [2.24, 2.45) is 0 Å². The summed E-state index contributed by atoms with van der Waals surface area (Å²) < 4.78 is 38.1. The minimum Gasteiger partial charge on any atom is -0.490 e. The molecule has 2 aromatic rings. The summed E-state index contributed by atoms with van der Waals surface area (Å²) in [4.78, 5) is 13.7. The summed E-state index contributed by atoms with van der Waals surface area (Å²) in [7, 11) is -0.183. The van der Waals surface area contributed by atoms with Gasteiger partial charge in [0, 0.05) is 18.8 Å². The van der Waals surface area contributed by atoms with Gasteiger partial charge in [0.15, 0.2) is 0 Å². The van der Waals surface area contributed by atoms with Gasteiger partial charge in [-0.05, 0) is 61.9 Å². The maximum Gasteiger partial charge on any atom is 0.337 e. The van der Waals surface area contributed by atoms with Crippen LogP contribution in [0.25, 0.3) is 0 Å². The molecule has 0 radical (unpaired) electrons. The van der Waals surface area contributed by atoms with Crippen LogP contribution < -0.4 is 9.46 Å². The second-order valence-corrected chi connectivity index (χ2v) is 8.92. The standard InChI is InChI=1S/C21H26N2O5S/c1-23-13-11-20(12-14-23)28-19-9-7-18(8-10-19)22-29(25,26)15-16-3-5-17(6-4-16)21(24)27-2/h3-10,20,22H,11-15H2,1-2H3. The highest BCUT2D eigenvalue weighted by Gasteiger charge is 2.18. The van der Waals surface area contributed by atoms with Crippen molar-refractivity contribution >= 4 is 21.7 Å². The fourth-order valence-corrected chi connectivity index (χ4v) is 4.39. The molecule has 8 heteroatoms. The second kappa shape index (κ2) is 9.28. The molecule has 1 saturated heterocycles. The molecule has 3 rings (SSSR count). The smallest absolute Gasteiger partial charge is 0.337 e. The molecule has 0 amide bonds. The van der Waals surface area contributed by atoms with Crippen LogP contribution in [0.15, 0.2) is 48.5 Å². The quantitative estimate of drug-likeness (QED) is 0.696. The third-order valence-electron chi connectivity index (χ3n) is 4.83. The number of benzene rings is 2. The van der Waals surface area contributed by atoms with E-state index in [0.717, 1.165) is 31.7 Å². The molecule has 0 aliphatic carbocycles. The first-order valence-electron chi connectivity index (χ1n) is 9.47. The third kappa shape index (κ3) is 6.20. The predicted molar refractivity (Wildman–Crippen MR) is 112 cm³/mol. The lowest BCUT2D eigenvalue weighted by molar-refractivity contribution is 0.0600. The number of likely N-dealkylation sites (tertiary alicyclic amines) is 1. The monoisotopic (exact) mass is 418 g/mol. The van der Waals surface area contributed by atoms with Gasteiger partial charge in [-0.25, -0.2) is 13.2 Å². The van der Waals surface area contributed by atoms with Crippen molar-refractivity contribution in [2.75, 3.05) is 32.0 Å². The molecule has 0 spiro atoms. The summed E-state index contributed by atoms with van der Waals surface area (Å²) in [5.41, 5.74) is 1.43. The number of hydrogen-bond acceptors (Lipinski definition) is 6. The van der Waals surface area contributed by atoms with Crippen molar-refractivity contribution in [1.82, 2.24) is 4.90 Å². The highest BCUT2D eigenvalue weighted by Crippen LogP contribution is 2.22. The average Bonchev–Trinajstić information content (AvgIpc) is 2.70. The zero-order valence-corrected chi connectivity index (χ0v) is 17.4. The number of esters is 1. The van der Waals surface area contributed by atoms with Crippen LogP contribution in [0.5, 0.6) is 5.75 Å². The van der Waals surface area contributed by atoms with E-state index in [0.29, 0.717) is 16.8 Å². The number of carbonyl (C=O) groups is 1. The molecule has 1 aliphatic rings. The molecule has 156 valence electrons. The Morgan fingerprint density at radius 2 is 1.69 bits per heavy atom. The first-order chi connectivity index (χ1) is 13.8. The van der Waals surface area contributed by atoms with Gasteiger partial charge in [0.2, 0.25) is 10.0 Å². The molecule has 7 nitrogen and oxygen atoms in total. The predicted octanol–water partition coefficient (Wildman–Crippen LogP) is 2.89. The van der Waals surface area contributed by atoms with Gasteiger partial charge in [-0.15, -0.1) is 0 Å². The highest BCUT2D eigenvalue weighted by atomic mass is 32.2. The summed E-state index contributed by atoms with van der Waals surface area (Å²) in [5, 5.41) is 0. The molecule has 1 aliphatic heterocycles. The first-order valence-corrected chi connectivity index (χ1v) is 11.1. The Bertz CT molecular complexity index is 919. The van der Waals surface area contributed by atoms with E-state index in [1.807, 2.05) is 0 Å². The van der Waals surface area contributed by atoms with Crippen LogP contribution in [0.1, 0.15) is 28.8 Å². The number of ether oxygens (including phenoxy) is 2. The minimum atomic E-state index is -3.59. The van der Waals surface area contributed by atoms with E-state index in [1.165, 1.54) is 7.11 Å². The molecular weight excluding hydrogens is 392 g/mol. The van der Waals surface area contributed by atoms with E-state index < -0.39 is 16.0 Å². The van der Waals surface area contributed by atoms with Crippen molar-refractivity contribution in [1.29, 1.82) is 0 Å². The summed E-state index contributed by atoms with van der Waals surface area (Å²) in [6.45, 7) is 2.03. The Labute approximate surface area is 171 Å². The summed E-state index contributed by atoms with van der Waals surface area (Å²) in [5.74, 6) is 0.0865. The van der Waals surface area contributed by atoms with Crippen LogP contribution in [-0.4, -0.2) is 52.6 Å². The number of nitrogens with zero attached hydrogens (tertiary/aromatic N) is 1. The van der Waals surface area contributed by atoms with Crippen LogP contribution in [0.2, 0.25) is 0 Å². The Hall–Kier alpha value is -2.58. The molecular formula is C21H26N2O5S. The van der Waals surface area contributed by atoms with Crippen LogP contribution in [0.3, 0.4) is 0 Å². The van der Waals surface area contributed by atoms with Gasteiger partial charge in [-0.2, -0.15) is 0 Å². The first kappa shape index (κ1) is 21.1. The van der Waals surface area contributed by atoms with E-state index in [-0.39, 0.29) is 11.9 Å². The zero-order chi connectivity index (χ0) is 20.9. The lowest BCUT2D eigenvalue weighted by Crippen LogP contribution is -2.35. The van der Waals surface area contributed by atoms with Gasteiger partial charge < -0.3 is 14.4 Å². The fourth-order valence-electron chi connectivity index (χ4n) is 3.19. The molecule has 2 aromatic carbocycles. The lowest BCUT2D eigenvalue weighted by atomic mass is 10.1. The fraction of sp³-hybridized carbons (Fsp3) is 0.381. The number of anilines is 1. The van der Waals surface area contributed by atoms with Crippen molar-refractivity contribution < 1.29 is 22.7 Å². The Morgan fingerprint density at radius 3 is 2.28 bits per heavy atom. The van der Waals surface area contributed by atoms with Crippen molar-refractivity contribution in [2.45, 2.75) is 24.7 Å². The number of piperidine rings is 1. The van der Waals surface area contributed by atoms with Crippen LogP contribution in [0.4, 0.5) is 5.69 Å². The minimum absolute atomic E-state index is 0.192. The van der Waals surface area contributed by atoms with E-state index in [2.05, 4.69) is 21.4 Å². The molecule has 0 unspecified atom stereocenters. The SMILES string of the molecule is COC(=O)c1ccc(CS(=O)(=O)Nc2ccc(OC3CCN(C)CC3)cc2)cc1. The number of methoxy groups -OCH3 is 1. The highest BCUT2D eigenvalue weighted by molar-refractivity contribution is 7.91. The summed E-state index contributed by atoms with van der Waals surface area (Å²) in [6, 6.07) is 13.2.